The van der Waals surface area contributed by atoms with Crippen LogP contribution in [0.3, 0.4) is 0 Å². The number of allylic oxidation sites excluding steroid dienone is 1. The van der Waals surface area contributed by atoms with Gasteiger partial charge in [-0.1, -0.05) is 6.07 Å². The number of benzene rings is 1. The third-order valence-corrected chi connectivity index (χ3v) is 6.17. The molecule has 13 heteroatoms. The Hall–Kier alpha value is -4.52. The van der Waals surface area contributed by atoms with Crippen LogP contribution < -0.4 is 26.0 Å². The van der Waals surface area contributed by atoms with Gasteiger partial charge >= 0.3 is 0 Å². The number of hydrogen-bond acceptors (Lipinski definition) is 9. The van der Waals surface area contributed by atoms with E-state index >= 15 is 0 Å². The van der Waals surface area contributed by atoms with Crippen molar-refractivity contribution in [1.82, 2.24) is 25.8 Å². The Balaban J connectivity index is 1.41. The van der Waals surface area contributed by atoms with Gasteiger partial charge in [-0.05, 0) is 43.8 Å². The van der Waals surface area contributed by atoms with Crippen LogP contribution in [0.4, 0.5) is 5.69 Å². The van der Waals surface area contributed by atoms with E-state index in [2.05, 4.69) is 31.2 Å². The number of likely N-dealkylation sites (N-methyl/N-ethyl adjacent to an activating group) is 1. The van der Waals surface area contributed by atoms with Crippen molar-refractivity contribution in [1.29, 1.82) is 5.41 Å². The Morgan fingerprint density at radius 3 is 2.68 bits per heavy atom. The number of anilines is 1. The van der Waals surface area contributed by atoms with Crippen molar-refractivity contribution in [2.24, 2.45) is 4.99 Å². The molecule has 0 spiro atoms. The second kappa shape index (κ2) is 11.7. The fourth-order valence-electron chi connectivity index (χ4n) is 4.05. The molecule has 3 aliphatic heterocycles. The molecule has 0 bridgehead atoms. The lowest BCUT2D eigenvalue weighted by atomic mass is 10.1. The summed E-state index contributed by atoms with van der Waals surface area (Å²) in [6, 6.07) is 4.39. The Bertz CT molecular complexity index is 1250. The van der Waals surface area contributed by atoms with E-state index in [1.807, 2.05) is 7.05 Å². The van der Waals surface area contributed by atoms with Gasteiger partial charge in [-0.3, -0.25) is 19.2 Å². The van der Waals surface area contributed by atoms with Crippen molar-refractivity contribution in [2.45, 2.75) is 19.5 Å². The minimum Gasteiger partial charge on any atom is -0.482 e. The van der Waals surface area contributed by atoms with E-state index in [4.69, 9.17) is 10.1 Å². The summed E-state index contributed by atoms with van der Waals surface area (Å²) in [6.07, 6.45) is 3.57. The highest BCUT2D eigenvalue weighted by Gasteiger charge is 2.27. The monoisotopic (exact) mass is 522 g/mol. The number of ether oxygens (including phenoxy) is 1. The van der Waals surface area contributed by atoms with Crippen LogP contribution in [0.15, 0.2) is 46.9 Å². The SMILES string of the molecule is C[C@H](NC(=O)C1=CC(C(=O)NCc2ccc3c(c2)NC(=O)CO3)=N/C(=C/C=N)N1)C(=O)N1CCN(C)CC1. The number of aliphatic imine (C=N–C) groups is 1. The highest BCUT2D eigenvalue weighted by Crippen LogP contribution is 2.28. The first kappa shape index (κ1) is 26.5. The average Bonchev–Trinajstić information content (AvgIpc) is 2.91. The number of hydrogen-bond donors (Lipinski definition) is 5. The minimum absolute atomic E-state index is 0.0184. The van der Waals surface area contributed by atoms with E-state index in [0.29, 0.717) is 30.1 Å². The number of rotatable bonds is 7. The first-order chi connectivity index (χ1) is 18.2. The van der Waals surface area contributed by atoms with Gasteiger partial charge in [0.05, 0.1) is 5.69 Å². The highest BCUT2D eigenvalue weighted by molar-refractivity contribution is 6.44. The zero-order valence-corrected chi connectivity index (χ0v) is 21.2. The first-order valence-electron chi connectivity index (χ1n) is 12.1. The zero-order chi connectivity index (χ0) is 27.2. The minimum atomic E-state index is -0.770. The molecule has 0 aliphatic carbocycles. The van der Waals surface area contributed by atoms with Crippen LogP contribution in [-0.4, -0.2) is 91.2 Å². The standard InChI is InChI=1S/C25H30N8O5/c1-15(25(37)33-9-7-32(2)8-10-33)28-24(36)19-12-18(29-21(30-19)5-6-26)23(35)27-13-16-3-4-20-17(11-16)31-22(34)14-38-20/h3-6,11-12,15,26,30H,7-10,13-14H2,1-2H3,(H,27,35)(H,28,36)(H,31,34)/b21-5-,26-6?/t15-/m0/s1. The van der Waals surface area contributed by atoms with E-state index in [9.17, 15) is 19.2 Å². The molecule has 0 saturated carbocycles. The third-order valence-electron chi connectivity index (χ3n) is 6.17. The van der Waals surface area contributed by atoms with Crippen molar-refractivity contribution in [2.75, 3.05) is 45.2 Å². The molecule has 0 radical (unpaired) electrons. The maximum Gasteiger partial charge on any atom is 0.270 e. The van der Waals surface area contributed by atoms with Crippen LogP contribution in [0.25, 0.3) is 0 Å². The normalized spacial score (nSPS) is 19.1. The second-order valence-corrected chi connectivity index (χ2v) is 9.07. The average molecular weight is 523 g/mol. The van der Waals surface area contributed by atoms with Crippen LogP contribution in [0, 0.1) is 5.41 Å². The molecular formula is C25H30N8O5. The quantitative estimate of drug-likeness (QED) is 0.296. The van der Waals surface area contributed by atoms with Gasteiger partial charge in [-0.25, -0.2) is 4.99 Å². The molecule has 38 heavy (non-hydrogen) atoms. The Labute approximate surface area is 219 Å². The van der Waals surface area contributed by atoms with Gasteiger partial charge in [-0.2, -0.15) is 0 Å². The number of fused-ring (bicyclic) bond motifs is 1. The number of carbonyl (C=O) groups is 4. The largest absolute Gasteiger partial charge is 0.482 e. The van der Waals surface area contributed by atoms with E-state index < -0.39 is 17.9 Å². The highest BCUT2D eigenvalue weighted by atomic mass is 16.5. The molecule has 1 atom stereocenters. The lowest BCUT2D eigenvalue weighted by Crippen LogP contribution is -2.54. The van der Waals surface area contributed by atoms with Gasteiger partial charge < -0.3 is 41.2 Å². The third kappa shape index (κ3) is 6.42. The predicted molar refractivity (Wildman–Crippen MR) is 140 cm³/mol. The molecule has 1 fully saturated rings. The summed E-state index contributed by atoms with van der Waals surface area (Å²) in [7, 11) is 1.99. The molecule has 4 rings (SSSR count). The summed E-state index contributed by atoms with van der Waals surface area (Å²) in [6.45, 7) is 4.40. The van der Waals surface area contributed by atoms with Gasteiger partial charge in [0.15, 0.2) is 6.61 Å². The molecule has 1 aromatic rings. The molecule has 1 saturated heterocycles. The molecule has 0 unspecified atom stereocenters. The van der Waals surface area contributed by atoms with Crippen molar-refractivity contribution < 1.29 is 23.9 Å². The van der Waals surface area contributed by atoms with Crippen LogP contribution >= 0.6 is 0 Å². The molecule has 1 aromatic carbocycles. The molecular weight excluding hydrogens is 492 g/mol. The number of piperazine rings is 1. The first-order valence-corrected chi connectivity index (χ1v) is 12.1. The number of amides is 4. The number of nitrogens with one attached hydrogen (secondary N) is 5. The van der Waals surface area contributed by atoms with E-state index in [-0.39, 0.29) is 42.2 Å². The Kier molecular flexibility index (Phi) is 8.16. The second-order valence-electron chi connectivity index (χ2n) is 9.07. The Morgan fingerprint density at radius 1 is 1.18 bits per heavy atom. The van der Waals surface area contributed by atoms with Gasteiger partial charge in [0, 0.05) is 38.9 Å². The molecule has 200 valence electrons. The van der Waals surface area contributed by atoms with Gasteiger partial charge in [0.1, 0.15) is 29.0 Å². The van der Waals surface area contributed by atoms with Gasteiger partial charge in [0.2, 0.25) is 5.91 Å². The summed E-state index contributed by atoms with van der Waals surface area (Å²) in [5.74, 6) is -0.902. The fourth-order valence-corrected chi connectivity index (χ4v) is 4.05. The smallest absolute Gasteiger partial charge is 0.270 e. The summed E-state index contributed by atoms with van der Waals surface area (Å²) in [5, 5.41) is 18.3. The lowest BCUT2D eigenvalue weighted by Gasteiger charge is -2.34. The van der Waals surface area contributed by atoms with Gasteiger partial charge in [-0.15, -0.1) is 0 Å². The Morgan fingerprint density at radius 2 is 1.95 bits per heavy atom. The number of carbonyl (C=O) groups excluding carboxylic acids is 4. The van der Waals surface area contributed by atoms with Crippen molar-refractivity contribution >= 4 is 41.2 Å². The summed E-state index contributed by atoms with van der Waals surface area (Å²) in [5.41, 5.74) is 1.20. The molecule has 4 amide bonds. The van der Waals surface area contributed by atoms with E-state index in [0.717, 1.165) is 19.3 Å². The summed E-state index contributed by atoms with van der Waals surface area (Å²) < 4.78 is 5.34. The fraction of sp³-hybridized carbons (Fsp3) is 0.360. The van der Waals surface area contributed by atoms with Crippen LogP contribution in [-0.2, 0) is 25.7 Å². The topological polar surface area (TPSA) is 168 Å². The molecule has 13 nitrogen and oxygen atoms in total. The van der Waals surface area contributed by atoms with E-state index in [1.54, 1.807) is 30.0 Å². The molecule has 5 N–H and O–H groups in total. The van der Waals surface area contributed by atoms with Crippen LogP contribution in [0.2, 0.25) is 0 Å². The summed E-state index contributed by atoms with van der Waals surface area (Å²) >= 11 is 0. The van der Waals surface area contributed by atoms with Crippen molar-refractivity contribution in [3.63, 3.8) is 0 Å². The van der Waals surface area contributed by atoms with Crippen LogP contribution in [0.1, 0.15) is 12.5 Å². The predicted octanol–water partition coefficient (Wildman–Crippen LogP) is -0.669. The lowest BCUT2D eigenvalue weighted by molar-refractivity contribution is -0.136. The molecule has 3 aliphatic rings. The maximum atomic E-state index is 13.0. The van der Waals surface area contributed by atoms with Crippen LogP contribution in [0.5, 0.6) is 5.75 Å². The van der Waals surface area contributed by atoms with Gasteiger partial charge in [0.25, 0.3) is 17.7 Å². The van der Waals surface area contributed by atoms with Crippen molar-refractivity contribution in [3.8, 4) is 5.75 Å². The number of nitrogens with zero attached hydrogens (tertiary/aromatic N) is 3. The van der Waals surface area contributed by atoms with E-state index in [1.165, 1.54) is 12.2 Å². The molecule has 3 heterocycles. The zero-order valence-electron chi connectivity index (χ0n) is 21.2. The maximum absolute atomic E-state index is 13.0. The van der Waals surface area contributed by atoms with Crippen molar-refractivity contribution in [3.05, 3.63) is 47.4 Å². The molecule has 0 aromatic heterocycles. The summed E-state index contributed by atoms with van der Waals surface area (Å²) in [4.78, 5) is 58.2.